The quantitative estimate of drug-likeness (QED) is 0.451. The van der Waals surface area contributed by atoms with Gasteiger partial charge in [0, 0.05) is 43.7 Å². The maximum absolute atomic E-state index is 13.5. The molecule has 2 aromatic heterocycles. The van der Waals surface area contributed by atoms with Crippen molar-refractivity contribution in [1.29, 1.82) is 0 Å². The third-order valence-electron chi connectivity index (χ3n) is 4.57. The Morgan fingerprint density at radius 3 is 2.59 bits per heavy atom. The largest absolute Gasteiger partial charge is 0.424 e. The van der Waals surface area contributed by atoms with Gasteiger partial charge in [0.25, 0.3) is 15.9 Å². The molecule has 0 saturated carbocycles. The van der Waals surface area contributed by atoms with E-state index in [2.05, 4.69) is 15.0 Å². The van der Waals surface area contributed by atoms with Gasteiger partial charge in [0.2, 0.25) is 5.60 Å². The lowest BCUT2D eigenvalue weighted by molar-refractivity contribution is -0.272. The van der Waals surface area contributed by atoms with Crippen LogP contribution in [0.25, 0.3) is 0 Å². The third kappa shape index (κ3) is 4.95. The van der Waals surface area contributed by atoms with Crippen LogP contribution in [0.3, 0.4) is 0 Å². The molecule has 1 atom stereocenters. The maximum Gasteiger partial charge on any atom is 0.424 e. The topological polar surface area (TPSA) is 113 Å². The van der Waals surface area contributed by atoms with Crippen LogP contribution < -0.4 is 10.0 Å². The normalized spacial score (nSPS) is 14.0. The molecule has 1 amide bonds. The summed E-state index contributed by atoms with van der Waals surface area (Å²) < 4.78 is 68.7. The van der Waals surface area contributed by atoms with Gasteiger partial charge in [0.15, 0.2) is 0 Å². The molecule has 3 aromatic rings. The second kappa shape index (κ2) is 8.92. The SMILES string of the molecule is Cn1ccnc1C(O)(CCNC(=O)c1cccc(NS(=O)(=O)c2cccs2)c1)C(F)(F)F. The summed E-state index contributed by atoms with van der Waals surface area (Å²) in [7, 11) is -2.51. The average molecular weight is 489 g/mol. The molecule has 32 heavy (non-hydrogen) atoms. The maximum atomic E-state index is 13.5. The van der Waals surface area contributed by atoms with Gasteiger partial charge in [-0.1, -0.05) is 12.1 Å². The fraction of sp³-hybridized carbons (Fsp3) is 0.263. The van der Waals surface area contributed by atoms with Crippen molar-refractivity contribution < 1.29 is 31.5 Å². The Labute approximate surface area is 185 Å². The highest BCUT2D eigenvalue weighted by Crippen LogP contribution is 2.40. The van der Waals surface area contributed by atoms with Gasteiger partial charge in [-0.25, -0.2) is 13.4 Å². The smallest absolute Gasteiger partial charge is 0.374 e. The fourth-order valence-corrected chi connectivity index (χ4v) is 4.99. The highest BCUT2D eigenvalue weighted by atomic mass is 32.2. The first-order chi connectivity index (χ1) is 14.9. The van der Waals surface area contributed by atoms with Gasteiger partial charge < -0.3 is 15.0 Å². The van der Waals surface area contributed by atoms with Gasteiger partial charge in [-0.2, -0.15) is 13.2 Å². The molecule has 1 unspecified atom stereocenters. The Balaban J connectivity index is 1.69. The lowest BCUT2D eigenvalue weighted by Gasteiger charge is -2.30. The van der Waals surface area contributed by atoms with Crippen LogP contribution >= 0.6 is 11.3 Å². The van der Waals surface area contributed by atoms with Crippen molar-refractivity contribution in [2.45, 2.75) is 22.4 Å². The summed E-state index contributed by atoms with van der Waals surface area (Å²) in [4.78, 5) is 16.0. The number of hydrogen-bond acceptors (Lipinski definition) is 6. The number of nitrogens with zero attached hydrogens (tertiary/aromatic N) is 2. The van der Waals surface area contributed by atoms with Crippen molar-refractivity contribution >= 4 is 33.0 Å². The van der Waals surface area contributed by atoms with Crippen LogP contribution in [0.5, 0.6) is 0 Å². The van der Waals surface area contributed by atoms with E-state index in [1.54, 1.807) is 11.4 Å². The minimum atomic E-state index is -5.02. The molecule has 8 nitrogen and oxygen atoms in total. The van der Waals surface area contributed by atoms with E-state index >= 15 is 0 Å². The first-order valence-corrected chi connectivity index (χ1v) is 11.5. The van der Waals surface area contributed by atoms with Gasteiger partial charge in [-0.3, -0.25) is 9.52 Å². The zero-order valence-corrected chi connectivity index (χ0v) is 18.3. The molecule has 0 aliphatic rings. The van der Waals surface area contributed by atoms with Crippen molar-refractivity contribution in [3.8, 4) is 0 Å². The zero-order chi connectivity index (χ0) is 23.6. The Kier molecular flexibility index (Phi) is 6.62. The molecule has 0 radical (unpaired) electrons. The van der Waals surface area contributed by atoms with Crippen molar-refractivity contribution in [2.75, 3.05) is 11.3 Å². The number of hydrogen-bond donors (Lipinski definition) is 3. The van der Waals surface area contributed by atoms with Crippen LogP contribution in [-0.4, -0.2) is 41.7 Å². The number of halogens is 3. The van der Waals surface area contributed by atoms with Crippen LogP contribution in [-0.2, 0) is 22.7 Å². The van der Waals surface area contributed by atoms with Crippen molar-refractivity contribution in [1.82, 2.24) is 14.9 Å². The van der Waals surface area contributed by atoms with Crippen LogP contribution in [0, 0.1) is 0 Å². The molecule has 0 spiro atoms. The van der Waals surface area contributed by atoms with E-state index in [-0.39, 0.29) is 15.5 Å². The predicted molar refractivity (Wildman–Crippen MR) is 112 cm³/mol. The lowest BCUT2D eigenvalue weighted by atomic mass is 9.97. The summed E-state index contributed by atoms with van der Waals surface area (Å²) in [6, 6.07) is 8.51. The second-order valence-electron chi connectivity index (χ2n) is 6.84. The summed E-state index contributed by atoms with van der Waals surface area (Å²) >= 11 is 1.02. The highest BCUT2D eigenvalue weighted by molar-refractivity contribution is 7.94. The number of thiophene rings is 1. The molecule has 13 heteroatoms. The number of aromatic nitrogens is 2. The number of anilines is 1. The lowest BCUT2D eigenvalue weighted by Crippen LogP contribution is -2.46. The number of rotatable bonds is 8. The summed E-state index contributed by atoms with van der Waals surface area (Å²) in [5.41, 5.74) is -3.11. The molecule has 0 aliphatic heterocycles. The van der Waals surface area contributed by atoms with Crippen molar-refractivity contribution in [3.63, 3.8) is 0 Å². The highest BCUT2D eigenvalue weighted by Gasteiger charge is 2.57. The molecule has 172 valence electrons. The summed E-state index contributed by atoms with van der Waals surface area (Å²) in [5, 5.41) is 14.2. The summed E-state index contributed by atoms with van der Waals surface area (Å²) in [6.07, 6.45) is -3.48. The number of amides is 1. The molecule has 0 saturated heterocycles. The first-order valence-electron chi connectivity index (χ1n) is 9.15. The third-order valence-corrected chi connectivity index (χ3v) is 7.35. The Hall–Kier alpha value is -2.90. The molecular weight excluding hydrogens is 469 g/mol. The van der Waals surface area contributed by atoms with Crippen LogP contribution in [0.2, 0.25) is 0 Å². The monoisotopic (exact) mass is 488 g/mol. The van der Waals surface area contributed by atoms with Crippen molar-refractivity contribution in [3.05, 3.63) is 65.6 Å². The zero-order valence-electron chi connectivity index (χ0n) is 16.6. The molecule has 3 rings (SSSR count). The number of aliphatic hydroxyl groups is 1. The molecule has 2 heterocycles. The number of carbonyl (C=O) groups is 1. The number of nitrogens with one attached hydrogen (secondary N) is 2. The van der Waals surface area contributed by atoms with E-state index in [1.807, 2.05) is 0 Å². The van der Waals surface area contributed by atoms with E-state index in [9.17, 15) is 31.5 Å². The summed E-state index contributed by atoms with van der Waals surface area (Å²) in [5.74, 6) is -1.32. The average Bonchev–Trinajstić information content (AvgIpc) is 3.39. The minimum Gasteiger partial charge on any atom is -0.374 e. The molecule has 0 fully saturated rings. The van der Waals surface area contributed by atoms with Crippen LogP contribution in [0.15, 0.2) is 58.4 Å². The molecule has 0 bridgehead atoms. The number of carbonyl (C=O) groups excluding carboxylic acids is 1. The van der Waals surface area contributed by atoms with E-state index in [4.69, 9.17) is 0 Å². The predicted octanol–water partition coefficient (Wildman–Crippen LogP) is 2.85. The number of alkyl halides is 3. The molecule has 0 aliphatic carbocycles. The molecule has 1 aromatic carbocycles. The van der Waals surface area contributed by atoms with Crippen LogP contribution in [0.1, 0.15) is 22.6 Å². The minimum absolute atomic E-state index is 0.0314. The Morgan fingerprint density at radius 1 is 1.25 bits per heavy atom. The number of sulfonamides is 1. The van der Waals surface area contributed by atoms with E-state index in [0.717, 1.165) is 22.1 Å². The van der Waals surface area contributed by atoms with Gasteiger partial charge in [0.1, 0.15) is 10.0 Å². The van der Waals surface area contributed by atoms with Crippen molar-refractivity contribution in [2.24, 2.45) is 7.05 Å². The Bertz CT molecular complexity index is 1190. The van der Waals surface area contributed by atoms with E-state index in [1.165, 1.54) is 43.6 Å². The standard InChI is InChI=1S/C19H19F3N4O4S2/c1-26-10-9-24-17(26)18(28,19(20,21)22)7-8-23-16(27)13-4-2-5-14(12-13)25-32(29,30)15-6-3-11-31-15/h2-6,9-12,25,28H,7-8H2,1H3,(H,23,27). The number of imidazole rings is 1. The van der Waals surface area contributed by atoms with Gasteiger partial charge in [-0.15, -0.1) is 11.3 Å². The van der Waals surface area contributed by atoms with E-state index in [0.29, 0.717) is 0 Å². The van der Waals surface area contributed by atoms with E-state index < -0.39 is 46.5 Å². The fourth-order valence-electron chi connectivity index (χ4n) is 2.95. The van der Waals surface area contributed by atoms with Crippen LogP contribution in [0.4, 0.5) is 18.9 Å². The molecular formula is C19H19F3N4O4S2. The van der Waals surface area contributed by atoms with Gasteiger partial charge in [0.05, 0.1) is 0 Å². The van der Waals surface area contributed by atoms with Gasteiger partial charge >= 0.3 is 6.18 Å². The molecule has 3 N–H and O–H groups in total. The first kappa shape index (κ1) is 23.8. The van der Waals surface area contributed by atoms with Gasteiger partial charge in [-0.05, 0) is 29.6 Å². The Morgan fingerprint density at radius 2 is 2.00 bits per heavy atom. The number of aryl methyl sites for hydroxylation is 1. The number of benzene rings is 1. The second-order valence-corrected chi connectivity index (χ2v) is 9.70. The summed E-state index contributed by atoms with van der Waals surface area (Å²) in [6.45, 7) is -0.507.